The highest BCUT2D eigenvalue weighted by Crippen LogP contribution is 2.22. The zero-order valence-electron chi connectivity index (χ0n) is 7.90. The Balaban J connectivity index is 2.02. The molecule has 0 fully saturated rings. The smallest absolute Gasteiger partial charge is 0.180 e. The van der Waals surface area contributed by atoms with Crippen molar-refractivity contribution in [2.24, 2.45) is 0 Å². The van der Waals surface area contributed by atoms with Crippen LogP contribution in [0.25, 0.3) is 0 Å². The van der Waals surface area contributed by atoms with E-state index in [1.807, 2.05) is 29.6 Å². The summed E-state index contributed by atoms with van der Waals surface area (Å²) in [7, 11) is 0. The van der Waals surface area contributed by atoms with Gasteiger partial charge in [-0.1, -0.05) is 12.1 Å². The van der Waals surface area contributed by atoms with Crippen molar-refractivity contribution >= 4 is 38.1 Å². The topological polar surface area (TPSA) is 50.9 Å². The van der Waals surface area contributed by atoms with E-state index in [-0.39, 0.29) is 0 Å². The Morgan fingerprint density at radius 1 is 1.40 bits per heavy atom. The number of nitrogens with zero attached hydrogens (tertiary/aromatic N) is 1. The maximum Gasteiger partial charge on any atom is 0.180 e. The number of para-hydroxylation sites is 1. The van der Waals surface area contributed by atoms with Gasteiger partial charge in [-0.2, -0.15) is 0 Å². The average Bonchev–Trinajstić information content (AvgIpc) is 2.63. The molecule has 0 radical (unpaired) electrons. The maximum atomic E-state index is 5.55. The molecule has 3 N–H and O–H groups in total. The molecular weight excluding hydrogens is 274 g/mol. The van der Waals surface area contributed by atoms with Gasteiger partial charge in [0.25, 0.3) is 0 Å². The van der Waals surface area contributed by atoms with Crippen LogP contribution in [0.4, 0.5) is 10.8 Å². The van der Waals surface area contributed by atoms with Crippen LogP contribution in [0.5, 0.6) is 0 Å². The fourth-order valence-corrected chi connectivity index (χ4v) is 2.18. The van der Waals surface area contributed by atoms with Crippen molar-refractivity contribution in [2.75, 3.05) is 11.1 Å². The molecule has 1 aromatic heterocycles. The van der Waals surface area contributed by atoms with Crippen molar-refractivity contribution in [3.05, 3.63) is 39.8 Å². The molecule has 1 aromatic carbocycles. The van der Waals surface area contributed by atoms with Crippen molar-refractivity contribution in [1.82, 2.24) is 4.98 Å². The van der Waals surface area contributed by atoms with E-state index in [9.17, 15) is 0 Å². The summed E-state index contributed by atoms with van der Waals surface area (Å²) >= 11 is 4.93. The lowest BCUT2D eigenvalue weighted by atomic mass is 10.3. The number of hydrogen-bond acceptors (Lipinski definition) is 4. The minimum absolute atomic E-state index is 0.610. The number of nitrogens with one attached hydrogen (secondary N) is 1. The van der Waals surface area contributed by atoms with Gasteiger partial charge in [0.2, 0.25) is 0 Å². The molecule has 0 unspecified atom stereocenters. The summed E-state index contributed by atoms with van der Waals surface area (Å²) < 4.78 is 1.05. The molecule has 0 aliphatic heterocycles. The van der Waals surface area contributed by atoms with Gasteiger partial charge in [-0.15, -0.1) is 11.3 Å². The van der Waals surface area contributed by atoms with Gasteiger partial charge in [0, 0.05) is 15.5 Å². The molecule has 2 rings (SSSR count). The molecule has 0 atom stereocenters. The summed E-state index contributed by atoms with van der Waals surface area (Å²) in [6, 6.07) is 7.98. The first kappa shape index (κ1) is 10.4. The predicted molar refractivity (Wildman–Crippen MR) is 68.0 cm³/mol. The number of nitrogens with two attached hydrogens (primary N) is 1. The molecule has 0 saturated heterocycles. The van der Waals surface area contributed by atoms with Crippen LogP contribution < -0.4 is 11.1 Å². The van der Waals surface area contributed by atoms with Gasteiger partial charge in [0.1, 0.15) is 0 Å². The van der Waals surface area contributed by atoms with Gasteiger partial charge < -0.3 is 11.1 Å². The van der Waals surface area contributed by atoms with Gasteiger partial charge in [-0.05, 0) is 28.1 Å². The third-order valence-corrected chi connectivity index (χ3v) is 3.32. The molecule has 0 bridgehead atoms. The molecule has 1 heterocycles. The monoisotopic (exact) mass is 283 g/mol. The first-order valence-corrected chi connectivity index (χ1v) is 6.11. The zero-order chi connectivity index (χ0) is 10.7. The first-order chi connectivity index (χ1) is 7.25. The molecule has 0 spiro atoms. The Bertz CT molecular complexity index is 455. The van der Waals surface area contributed by atoms with E-state index in [2.05, 4.69) is 26.2 Å². The maximum absolute atomic E-state index is 5.55. The van der Waals surface area contributed by atoms with Crippen molar-refractivity contribution in [2.45, 2.75) is 6.54 Å². The van der Waals surface area contributed by atoms with Crippen LogP contribution >= 0.6 is 27.3 Å². The fraction of sp³-hybridized carbons (Fsp3) is 0.100. The Kier molecular flexibility index (Phi) is 3.23. The molecule has 0 saturated carbocycles. The van der Waals surface area contributed by atoms with Gasteiger partial charge in [-0.25, -0.2) is 4.98 Å². The molecule has 0 aliphatic carbocycles. The molecule has 5 heteroatoms. The molecule has 78 valence electrons. The fourth-order valence-electron chi connectivity index (χ4n) is 1.19. The van der Waals surface area contributed by atoms with Crippen LogP contribution in [-0.4, -0.2) is 4.98 Å². The number of aromatic nitrogens is 1. The highest BCUT2D eigenvalue weighted by Gasteiger charge is 2.00. The summed E-state index contributed by atoms with van der Waals surface area (Å²) in [6.45, 7) is 0.691. The molecule has 3 nitrogen and oxygen atoms in total. The van der Waals surface area contributed by atoms with E-state index in [1.54, 1.807) is 0 Å². The van der Waals surface area contributed by atoms with Crippen molar-refractivity contribution in [3.63, 3.8) is 0 Å². The zero-order valence-corrected chi connectivity index (χ0v) is 10.3. The number of benzene rings is 1. The lowest BCUT2D eigenvalue weighted by Crippen LogP contribution is -2.00. The van der Waals surface area contributed by atoms with Crippen molar-refractivity contribution in [1.29, 1.82) is 0 Å². The second-order valence-corrected chi connectivity index (χ2v) is 4.75. The van der Waals surface area contributed by atoms with Crippen molar-refractivity contribution in [3.8, 4) is 0 Å². The van der Waals surface area contributed by atoms with Crippen LogP contribution in [-0.2, 0) is 6.54 Å². The molecule has 0 aliphatic rings. The number of nitrogen functional groups attached to an aromatic ring is 1. The second-order valence-electron chi connectivity index (χ2n) is 3.01. The van der Waals surface area contributed by atoms with E-state index in [0.29, 0.717) is 11.7 Å². The minimum Gasteiger partial charge on any atom is -0.378 e. The Labute approximate surface area is 100 Å². The highest BCUT2D eigenvalue weighted by atomic mass is 79.9. The Morgan fingerprint density at radius 2 is 2.20 bits per heavy atom. The molecule has 2 aromatic rings. The lowest BCUT2D eigenvalue weighted by Gasteiger charge is -2.05. The third-order valence-electron chi connectivity index (χ3n) is 1.90. The summed E-state index contributed by atoms with van der Waals surface area (Å²) in [5.74, 6) is 0. The summed E-state index contributed by atoms with van der Waals surface area (Å²) in [5.41, 5.74) is 7.57. The quantitative estimate of drug-likeness (QED) is 0.910. The van der Waals surface area contributed by atoms with Gasteiger partial charge >= 0.3 is 0 Å². The van der Waals surface area contributed by atoms with E-state index >= 15 is 0 Å². The number of halogens is 1. The average molecular weight is 284 g/mol. The van der Waals surface area contributed by atoms with E-state index in [0.717, 1.165) is 15.9 Å². The number of rotatable bonds is 3. The van der Waals surface area contributed by atoms with Crippen LogP contribution in [0.3, 0.4) is 0 Å². The normalized spacial score (nSPS) is 10.2. The lowest BCUT2D eigenvalue weighted by molar-refractivity contribution is 1.08. The van der Waals surface area contributed by atoms with E-state index in [4.69, 9.17) is 5.73 Å². The van der Waals surface area contributed by atoms with E-state index in [1.165, 1.54) is 11.3 Å². The summed E-state index contributed by atoms with van der Waals surface area (Å²) in [5, 5.41) is 5.85. The van der Waals surface area contributed by atoms with Gasteiger partial charge in [-0.3, -0.25) is 0 Å². The van der Waals surface area contributed by atoms with Gasteiger partial charge in [0.15, 0.2) is 5.13 Å². The molecule has 15 heavy (non-hydrogen) atoms. The number of anilines is 2. The van der Waals surface area contributed by atoms with E-state index < -0.39 is 0 Å². The second kappa shape index (κ2) is 4.63. The van der Waals surface area contributed by atoms with Crippen LogP contribution in [0.2, 0.25) is 0 Å². The standard InChI is InChI=1S/C10H10BrN3S/c11-8-3-1-2-4-9(8)13-5-7-6-15-10(12)14-7/h1-4,6,13H,5H2,(H2,12,14). The SMILES string of the molecule is Nc1nc(CNc2ccccc2Br)cs1. The predicted octanol–water partition coefficient (Wildman–Crippen LogP) is 3.10. The molecular formula is C10H10BrN3S. The van der Waals surface area contributed by atoms with Crippen molar-refractivity contribution < 1.29 is 0 Å². The Morgan fingerprint density at radius 3 is 2.87 bits per heavy atom. The number of thiazole rings is 1. The Hall–Kier alpha value is -1.07. The highest BCUT2D eigenvalue weighted by molar-refractivity contribution is 9.10. The molecule has 0 amide bonds. The van der Waals surface area contributed by atoms with Crippen LogP contribution in [0.15, 0.2) is 34.1 Å². The van der Waals surface area contributed by atoms with Gasteiger partial charge in [0.05, 0.1) is 12.2 Å². The largest absolute Gasteiger partial charge is 0.378 e. The van der Waals surface area contributed by atoms with Crippen LogP contribution in [0, 0.1) is 0 Å². The van der Waals surface area contributed by atoms with Crippen LogP contribution in [0.1, 0.15) is 5.69 Å². The summed E-state index contributed by atoms with van der Waals surface area (Å²) in [6.07, 6.45) is 0. The third kappa shape index (κ3) is 2.70. The first-order valence-electron chi connectivity index (χ1n) is 4.44. The minimum atomic E-state index is 0.610. The summed E-state index contributed by atoms with van der Waals surface area (Å²) in [4.78, 5) is 4.17. The number of hydrogen-bond donors (Lipinski definition) is 2.